The van der Waals surface area contributed by atoms with Crippen LogP contribution in [0.1, 0.15) is 22.6 Å². The standard InChI is InChI=1S/C26H21FN4O4S/c1-13-8-9-18(14(2)10-13)30-24(33)22-21(15-6-4-5-7-17(15)27)16(12-28)23(29)31-25(34)19(36-26(22)31)11-20(32)35-3/h4-11,21H,29H2,1-3H3,(H,30,33)/b19-11-/t21-/m1/s1. The quantitative estimate of drug-likeness (QED) is 0.522. The first kappa shape index (κ1) is 24.6. The molecule has 4 rings (SSSR count). The largest absolute Gasteiger partial charge is 0.466 e. The van der Waals surface area contributed by atoms with E-state index >= 15 is 4.39 Å². The van der Waals surface area contributed by atoms with Crippen molar-refractivity contribution in [3.8, 4) is 6.07 Å². The molecule has 182 valence electrons. The van der Waals surface area contributed by atoms with E-state index in [1.54, 1.807) is 12.1 Å². The fourth-order valence-corrected chi connectivity index (χ4v) is 5.23. The van der Waals surface area contributed by atoms with Crippen LogP contribution in [0.15, 0.2) is 52.8 Å². The molecule has 2 aromatic carbocycles. The number of nitrogens with two attached hydrogens (primary N) is 1. The van der Waals surface area contributed by atoms with Gasteiger partial charge in [0.15, 0.2) is 0 Å². The number of esters is 1. The summed E-state index contributed by atoms with van der Waals surface area (Å²) in [4.78, 5) is 38.8. The van der Waals surface area contributed by atoms with Crippen LogP contribution in [0, 0.1) is 31.0 Å². The number of rotatable bonds is 4. The number of nitrogens with one attached hydrogen (secondary N) is 1. The number of fused-ring (bicyclic) bond motifs is 1. The number of anilines is 1. The number of methoxy groups -OCH3 is 1. The van der Waals surface area contributed by atoms with Gasteiger partial charge < -0.3 is 15.8 Å². The molecule has 8 nitrogen and oxygen atoms in total. The van der Waals surface area contributed by atoms with E-state index in [0.717, 1.165) is 40.2 Å². The second kappa shape index (κ2) is 9.64. The number of halogens is 1. The zero-order valence-corrected chi connectivity index (χ0v) is 20.4. The summed E-state index contributed by atoms with van der Waals surface area (Å²) in [5.41, 5.74) is 7.69. The third-order valence-electron chi connectivity index (χ3n) is 5.81. The first-order valence-corrected chi connectivity index (χ1v) is 11.6. The summed E-state index contributed by atoms with van der Waals surface area (Å²) in [6.45, 7) is 3.74. The molecule has 1 aliphatic heterocycles. The Balaban J connectivity index is 2.07. The van der Waals surface area contributed by atoms with E-state index in [9.17, 15) is 19.6 Å². The Labute approximate surface area is 209 Å². The predicted octanol–water partition coefficient (Wildman–Crippen LogP) is 1.86. The van der Waals surface area contributed by atoms with E-state index in [2.05, 4.69) is 10.1 Å². The number of nitriles is 1. The molecule has 0 saturated heterocycles. The first-order valence-electron chi connectivity index (χ1n) is 10.8. The average molecular weight is 505 g/mol. The molecule has 0 bridgehead atoms. The van der Waals surface area contributed by atoms with E-state index in [-0.39, 0.29) is 31.7 Å². The maximum atomic E-state index is 15.0. The van der Waals surface area contributed by atoms with Gasteiger partial charge >= 0.3 is 5.97 Å². The fourth-order valence-electron chi connectivity index (χ4n) is 4.10. The first-order chi connectivity index (χ1) is 17.2. The lowest BCUT2D eigenvalue weighted by Crippen LogP contribution is -2.41. The van der Waals surface area contributed by atoms with Gasteiger partial charge in [0.05, 0.1) is 30.2 Å². The highest BCUT2D eigenvalue weighted by Crippen LogP contribution is 2.37. The van der Waals surface area contributed by atoms with Crippen LogP contribution in [0.4, 0.5) is 10.1 Å². The highest BCUT2D eigenvalue weighted by Gasteiger charge is 2.37. The van der Waals surface area contributed by atoms with Crippen molar-refractivity contribution in [1.82, 2.24) is 4.57 Å². The molecule has 36 heavy (non-hydrogen) atoms. The number of allylic oxidation sites excluding steroid dienone is 1. The molecule has 2 heterocycles. The lowest BCUT2D eigenvalue weighted by Gasteiger charge is -2.25. The average Bonchev–Trinajstić information content (AvgIpc) is 3.16. The third-order valence-corrected chi connectivity index (χ3v) is 6.92. The van der Waals surface area contributed by atoms with E-state index in [0.29, 0.717) is 5.69 Å². The predicted molar refractivity (Wildman–Crippen MR) is 134 cm³/mol. The summed E-state index contributed by atoms with van der Waals surface area (Å²) < 4.78 is 20.7. The van der Waals surface area contributed by atoms with Crippen molar-refractivity contribution in [3.63, 3.8) is 0 Å². The van der Waals surface area contributed by atoms with Crippen LogP contribution in [0.25, 0.3) is 17.5 Å². The highest BCUT2D eigenvalue weighted by molar-refractivity contribution is 7.07. The Bertz CT molecular complexity index is 1680. The monoisotopic (exact) mass is 504 g/mol. The lowest BCUT2D eigenvalue weighted by atomic mass is 9.83. The van der Waals surface area contributed by atoms with Gasteiger partial charge in [0.1, 0.15) is 20.8 Å². The van der Waals surface area contributed by atoms with Crippen molar-refractivity contribution in [2.75, 3.05) is 12.4 Å². The number of carbonyl (C=O) groups excluding carboxylic acids is 2. The molecule has 1 atom stereocenters. The molecule has 0 unspecified atom stereocenters. The van der Waals surface area contributed by atoms with Gasteiger partial charge in [0.25, 0.3) is 11.5 Å². The highest BCUT2D eigenvalue weighted by atomic mass is 32.1. The Morgan fingerprint density at radius 3 is 2.61 bits per heavy atom. The molecule has 3 N–H and O–H groups in total. The number of nitrogens with zero attached hydrogens (tertiary/aromatic N) is 2. The van der Waals surface area contributed by atoms with Crippen LogP contribution in [0.2, 0.25) is 0 Å². The van der Waals surface area contributed by atoms with Gasteiger partial charge in [0, 0.05) is 17.3 Å². The Morgan fingerprint density at radius 2 is 1.97 bits per heavy atom. The van der Waals surface area contributed by atoms with Crippen LogP contribution in [0.5, 0.6) is 0 Å². The Kier molecular flexibility index (Phi) is 6.59. The van der Waals surface area contributed by atoms with Crippen molar-refractivity contribution in [2.45, 2.75) is 19.8 Å². The normalized spacial score (nSPS) is 15.4. The fraction of sp³-hybridized carbons (Fsp3) is 0.154. The number of hydrogen-bond acceptors (Lipinski definition) is 7. The van der Waals surface area contributed by atoms with Crippen LogP contribution in [-0.2, 0) is 14.3 Å². The molecule has 0 saturated carbocycles. The summed E-state index contributed by atoms with van der Waals surface area (Å²) in [6, 6.07) is 13.1. The number of benzene rings is 2. The second-order valence-corrected chi connectivity index (χ2v) is 9.16. The Morgan fingerprint density at radius 1 is 1.25 bits per heavy atom. The molecular formula is C26H21FN4O4S. The zero-order valence-electron chi connectivity index (χ0n) is 19.6. The summed E-state index contributed by atoms with van der Waals surface area (Å²) in [5.74, 6) is -3.49. The van der Waals surface area contributed by atoms with Gasteiger partial charge in [-0.1, -0.05) is 35.9 Å². The SMILES string of the molecule is COC(=O)/C=c1\sc2n(c1=O)C(N)=C(C#N)[C@@H](c1ccccc1F)C=2C(=O)Nc1ccc(C)cc1C. The molecule has 0 spiro atoms. The maximum absolute atomic E-state index is 15.0. The Hall–Kier alpha value is -4.49. The van der Waals surface area contributed by atoms with Crippen molar-refractivity contribution >= 4 is 46.4 Å². The number of hydrogen-bond donors (Lipinski definition) is 2. The summed E-state index contributed by atoms with van der Waals surface area (Å²) in [6.07, 6.45) is 0.982. The molecular weight excluding hydrogens is 483 g/mol. The van der Waals surface area contributed by atoms with Gasteiger partial charge in [-0.2, -0.15) is 5.26 Å². The van der Waals surface area contributed by atoms with Crippen LogP contribution in [0.3, 0.4) is 0 Å². The molecule has 3 aromatic rings. The van der Waals surface area contributed by atoms with Gasteiger partial charge in [-0.15, -0.1) is 11.3 Å². The molecule has 1 aromatic heterocycles. The number of carbonyl (C=O) groups is 2. The molecule has 0 aliphatic carbocycles. The smallest absolute Gasteiger partial charge is 0.332 e. The van der Waals surface area contributed by atoms with Gasteiger partial charge in [-0.3, -0.25) is 14.2 Å². The minimum absolute atomic E-state index is 0.0440. The van der Waals surface area contributed by atoms with Crippen LogP contribution >= 0.6 is 11.3 Å². The van der Waals surface area contributed by atoms with Crippen molar-refractivity contribution in [3.05, 3.63) is 90.1 Å². The van der Waals surface area contributed by atoms with Crippen LogP contribution < -0.4 is 25.8 Å². The van der Waals surface area contributed by atoms with Crippen molar-refractivity contribution in [1.29, 1.82) is 5.26 Å². The lowest BCUT2D eigenvalue weighted by molar-refractivity contribution is -0.133. The van der Waals surface area contributed by atoms with Crippen molar-refractivity contribution in [2.24, 2.45) is 5.73 Å². The van der Waals surface area contributed by atoms with Crippen molar-refractivity contribution < 1.29 is 18.7 Å². The van der Waals surface area contributed by atoms with Gasteiger partial charge in [-0.05, 0) is 31.5 Å². The maximum Gasteiger partial charge on any atom is 0.332 e. The number of aromatic nitrogens is 1. The second-order valence-electron chi connectivity index (χ2n) is 8.13. The number of ether oxygens (including phenoxy) is 1. The summed E-state index contributed by atoms with van der Waals surface area (Å²) in [5, 5.41) is 12.8. The van der Waals surface area contributed by atoms with E-state index in [1.807, 2.05) is 32.0 Å². The van der Waals surface area contributed by atoms with Gasteiger partial charge in [0.2, 0.25) is 0 Å². The number of aryl methyl sites for hydroxylation is 2. The molecule has 0 radical (unpaired) electrons. The number of amides is 1. The third kappa shape index (κ3) is 4.21. The summed E-state index contributed by atoms with van der Waals surface area (Å²) >= 11 is 0.830. The minimum atomic E-state index is -1.19. The molecule has 0 fully saturated rings. The van der Waals surface area contributed by atoms with Crippen LogP contribution in [-0.4, -0.2) is 23.6 Å². The summed E-state index contributed by atoms with van der Waals surface area (Å²) in [7, 11) is 1.16. The van der Waals surface area contributed by atoms with Gasteiger partial charge in [-0.25, -0.2) is 9.18 Å². The van der Waals surface area contributed by atoms with E-state index in [4.69, 9.17) is 5.73 Å². The van der Waals surface area contributed by atoms with E-state index < -0.39 is 29.2 Å². The molecule has 1 aliphatic rings. The molecule has 1 amide bonds. The molecule has 10 heteroatoms. The van der Waals surface area contributed by atoms with E-state index in [1.165, 1.54) is 18.2 Å². The number of thiazole rings is 1. The topological polar surface area (TPSA) is 127 Å². The minimum Gasteiger partial charge on any atom is -0.466 e. The zero-order chi connectivity index (χ0) is 26.1.